The van der Waals surface area contributed by atoms with Crippen molar-refractivity contribution in [3.8, 4) is 0 Å². The van der Waals surface area contributed by atoms with E-state index in [2.05, 4.69) is 5.32 Å². The number of ether oxygens (including phenoxy) is 1. The van der Waals surface area contributed by atoms with E-state index in [1.165, 1.54) is 6.08 Å². The summed E-state index contributed by atoms with van der Waals surface area (Å²) in [5, 5.41) is 2.66. The van der Waals surface area contributed by atoms with E-state index in [9.17, 15) is 9.59 Å². The Hall–Kier alpha value is -1.32. The largest absolute Gasteiger partial charge is 0.460 e. The fraction of sp³-hybridized carbons (Fsp3) is 0.636. The summed E-state index contributed by atoms with van der Waals surface area (Å²) in [4.78, 5) is 22.1. The smallest absolute Gasteiger partial charge is 0.331 e. The van der Waals surface area contributed by atoms with Gasteiger partial charge in [-0.2, -0.15) is 0 Å². The van der Waals surface area contributed by atoms with Crippen molar-refractivity contribution in [2.24, 2.45) is 0 Å². The number of rotatable bonds is 6. The van der Waals surface area contributed by atoms with Gasteiger partial charge in [-0.25, -0.2) is 4.79 Å². The van der Waals surface area contributed by atoms with Gasteiger partial charge in [0.2, 0.25) is 5.91 Å². The molecule has 0 saturated heterocycles. The minimum Gasteiger partial charge on any atom is -0.460 e. The molecule has 0 rings (SSSR count). The fourth-order valence-corrected chi connectivity index (χ4v) is 0.863. The summed E-state index contributed by atoms with van der Waals surface area (Å²) in [7, 11) is 0. The number of amides is 1. The lowest BCUT2D eigenvalue weighted by atomic mass is 10.3. The van der Waals surface area contributed by atoms with E-state index in [1.807, 2.05) is 6.92 Å². The lowest BCUT2D eigenvalue weighted by Gasteiger charge is -2.04. The summed E-state index contributed by atoms with van der Waals surface area (Å²) in [6.45, 7) is 6.20. The van der Waals surface area contributed by atoms with E-state index in [0.29, 0.717) is 6.54 Å². The molecule has 0 aromatic heterocycles. The SMILES string of the molecule is CCCCNC(=O)/C=C\C(=O)OC(C)C. The molecule has 0 unspecified atom stereocenters. The minimum atomic E-state index is -0.490. The summed E-state index contributed by atoms with van der Waals surface area (Å²) >= 11 is 0. The second-order valence-electron chi connectivity index (χ2n) is 3.46. The molecule has 0 heterocycles. The van der Waals surface area contributed by atoms with Crippen LogP contribution < -0.4 is 5.32 Å². The Morgan fingerprint density at radius 2 is 2.00 bits per heavy atom. The highest BCUT2D eigenvalue weighted by molar-refractivity contribution is 5.94. The standard InChI is InChI=1S/C11H19NO3/c1-4-5-8-12-10(13)6-7-11(14)15-9(2)3/h6-7,9H,4-5,8H2,1-3H3,(H,12,13)/b7-6-. The van der Waals surface area contributed by atoms with Gasteiger partial charge in [-0.3, -0.25) is 4.79 Å². The zero-order valence-corrected chi connectivity index (χ0v) is 9.58. The second-order valence-corrected chi connectivity index (χ2v) is 3.46. The third-order valence-electron chi connectivity index (χ3n) is 1.55. The van der Waals surface area contributed by atoms with Crippen molar-refractivity contribution in [1.82, 2.24) is 5.32 Å². The van der Waals surface area contributed by atoms with Crippen molar-refractivity contribution in [1.29, 1.82) is 0 Å². The first-order valence-corrected chi connectivity index (χ1v) is 5.22. The maximum atomic E-state index is 11.1. The number of nitrogens with one attached hydrogen (secondary N) is 1. The van der Waals surface area contributed by atoms with Gasteiger partial charge in [0.15, 0.2) is 0 Å². The average Bonchev–Trinajstić information content (AvgIpc) is 2.14. The van der Waals surface area contributed by atoms with Crippen LogP contribution in [-0.2, 0) is 14.3 Å². The summed E-state index contributed by atoms with van der Waals surface area (Å²) < 4.78 is 4.82. The van der Waals surface area contributed by atoms with Gasteiger partial charge in [0, 0.05) is 18.7 Å². The number of carbonyl (C=O) groups is 2. The predicted molar refractivity (Wildman–Crippen MR) is 58.3 cm³/mol. The molecule has 15 heavy (non-hydrogen) atoms. The number of hydrogen-bond acceptors (Lipinski definition) is 3. The zero-order chi connectivity index (χ0) is 11.7. The Balaban J connectivity index is 3.74. The highest BCUT2D eigenvalue weighted by Gasteiger charge is 2.01. The topological polar surface area (TPSA) is 55.4 Å². The van der Waals surface area contributed by atoms with Gasteiger partial charge in [0.25, 0.3) is 0 Å². The molecule has 0 atom stereocenters. The van der Waals surface area contributed by atoms with Crippen LogP contribution in [0.2, 0.25) is 0 Å². The Labute approximate surface area is 90.7 Å². The van der Waals surface area contributed by atoms with E-state index in [0.717, 1.165) is 18.9 Å². The molecular weight excluding hydrogens is 194 g/mol. The first-order chi connectivity index (χ1) is 7.06. The number of esters is 1. The van der Waals surface area contributed by atoms with Gasteiger partial charge in [-0.05, 0) is 20.3 Å². The predicted octanol–water partition coefficient (Wildman–Crippen LogP) is 1.41. The van der Waals surface area contributed by atoms with Gasteiger partial charge in [-0.15, -0.1) is 0 Å². The molecule has 4 heteroatoms. The normalized spacial score (nSPS) is 10.7. The number of unbranched alkanes of at least 4 members (excludes halogenated alkanes) is 1. The fourth-order valence-electron chi connectivity index (χ4n) is 0.863. The highest BCUT2D eigenvalue weighted by Crippen LogP contribution is 1.90. The van der Waals surface area contributed by atoms with E-state index >= 15 is 0 Å². The molecule has 0 aliphatic rings. The molecule has 0 aromatic rings. The van der Waals surface area contributed by atoms with Crippen LogP contribution in [0.3, 0.4) is 0 Å². The monoisotopic (exact) mass is 213 g/mol. The van der Waals surface area contributed by atoms with Gasteiger partial charge in [0.1, 0.15) is 0 Å². The van der Waals surface area contributed by atoms with Crippen LogP contribution in [0.1, 0.15) is 33.6 Å². The third kappa shape index (κ3) is 9.00. The number of carbonyl (C=O) groups excluding carboxylic acids is 2. The van der Waals surface area contributed by atoms with Gasteiger partial charge in [-0.1, -0.05) is 13.3 Å². The molecular formula is C11H19NO3. The Bertz CT molecular complexity index is 234. The minimum absolute atomic E-state index is 0.162. The number of hydrogen-bond donors (Lipinski definition) is 1. The molecule has 0 aliphatic heterocycles. The van der Waals surface area contributed by atoms with Crippen LogP contribution in [0.4, 0.5) is 0 Å². The molecule has 1 amide bonds. The quantitative estimate of drug-likeness (QED) is 0.412. The summed E-state index contributed by atoms with van der Waals surface area (Å²) in [5.74, 6) is -0.750. The van der Waals surface area contributed by atoms with E-state index in [1.54, 1.807) is 13.8 Å². The molecule has 0 bridgehead atoms. The lowest BCUT2D eigenvalue weighted by molar-refractivity contribution is -0.141. The Morgan fingerprint density at radius 1 is 1.33 bits per heavy atom. The lowest BCUT2D eigenvalue weighted by Crippen LogP contribution is -2.22. The maximum absolute atomic E-state index is 11.1. The van der Waals surface area contributed by atoms with Crippen LogP contribution in [-0.4, -0.2) is 24.5 Å². The molecule has 0 saturated carbocycles. The zero-order valence-electron chi connectivity index (χ0n) is 9.58. The Kier molecular flexibility index (Phi) is 7.32. The molecule has 86 valence electrons. The first-order valence-electron chi connectivity index (χ1n) is 5.22. The van der Waals surface area contributed by atoms with E-state index < -0.39 is 5.97 Å². The van der Waals surface area contributed by atoms with Crippen molar-refractivity contribution < 1.29 is 14.3 Å². The molecule has 0 aromatic carbocycles. The highest BCUT2D eigenvalue weighted by atomic mass is 16.5. The molecule has 0 fully saturated rings. The van der Waals surface area contributed by atoms with Crippen molar-refractivity contribution in [2.75, 3.05) is 6.54 Å². The van der Waals surface area contributed by atoms with Crippen molar-refractivity contribution in [3.63, 3.8) is 0 Å². The second kappa shape index (κ2) is 8.03. The van der Waals surface area contributed by atoms with Crippen molar-refractivity contribution in [2.45, 2.75) is 39.7 Å². The molecule has 4 nitrogen and oxygen atoms in total. The average molecular weight is 213 g/mol. The van der Waals surface area contributed by atoms with Crippen molar-refractivity contribution in [3.05, 3.63) is 12.2 Å². The van der Waals surface area contributed by atoms with Gasteiger partial charge < -0.3 is 10.1 Å². The summed E-state index contributed by atoms with van der Waals surface area (Å²) in [6.07, 6.45) is 4.14. The molecule has 0 radical (unpaired) electrons. The summed E-state index contributed by atoms with van der Waals surface area (Å²) in [5.41, 5.74) is 0. The van der Waals surface area contributed by atoms with Gasteiger partial charge >= 0.3 is 5.97 Å². The van der Waals surface area contributed by atoms with Crippen LogP contribution in [0.15, 0.2) is 12.2 Å². The van der Waals surface area contributed by atoms with Crippen molar-refractivity contribution >= 4 is 11.9 Å². The van der Waals surface area contributed by atoms with Crippen LogP contribution in [0, 0.1) is 0 Å². The van der Waals surface area contributed by atoms with E-state index in [4.69, 9.17) is 4.74 Å². The van der Waals surface area contributed by atoms with Crippen LogP contribution in [0.5, 0.6) is 0 Å². The molecule has 0 spiro atoms. The molecule has 1 N–H and O–H groups in total. The Morgan fingerprint density at radius 3 is 2.53 bits per heavy atom. The first kappa shape index (κ1) is 13.7. The third-order valence-corrected chi connectivity index (χ3v) is 1.55. The maximum Gasteiger partial charge on any atom is 0.331 e. The molecule has 0 aliphatic carbocycles. The van der Waals surface area contributed by atoms with Crippen LogP contribution in [0.25, 0.3) is 0 Å². The van der Waals surface area contributed by atoms with Gasteiger partial charge in [0.05, 0.1) is 6.10 Å². The van der Waals surface area contributed by atoms with Crippen LogP contribution >= 0.6 is 0 Å². The summed E-state index contributed by atoms with van der Waals surface area (Å²) in [6, 6.07) is 0. The van der Waals surface area contributed by atoms with E-state index in [-0.39, 0.29) is 12.0 Å².